The summed E-state index contributed by atoms with van der Waals surface area (Å²) >= 11 is 0. The van der Waals surface area contributed by atoms with Crippen molar-refractivity contribution in [2.24, 2.45) is 5.92 Å². The van der Waals surface area contributed by atoms with E-state index in [1.165, 1.54) is 11.0 Å². The van der Waals surface area contributed by atoms with E-state index in [1.807, 2.05) is 57.2 Å². The minimum atomic E-state index is -3.88. The van der Waals surface area contributed by atoms with E-state index < -0.39 is 34.3 Å². The fraction of sp³-hybridized carbons (Fsp3) is 0.355. The first-order valence-corrected chi connectivity index (χ1v) is 15.1. The molecule has 0 aromatic heterocycles. The van der Waals surface area contributed by atoms with E-state index in [9.17, 15) is 22.4 Å². The highest BCUT2D eigenvalue weighted by Gasteiger charge is 2.33. The summed E-state index contributed by atoms with van der Waals surface area (Å²) in [5.74, 6) is -1.35. The molecule has 214 valence electrons. The zero-order valence-corrected chi connectivity index (χ0v) is 24.5. The Kier molecular flexibility index (Phi) is 10.5. The van der Waals surface area contributed by atoms with E-state index >= 15 is 0 Å². The molecule has 3 aromatic carbocycles. The van der Waals surface area contributed by atoms with E-state index in [0.717, 1.165) is 21.7 Å². The molecule has 0 bridgehead atoms. The van der Waals surface area contributed by atoms with Crippen LogP contribution < -0.4 is 9.62 Å². The Morgan fingerprint density at radius 2 is 1.60 bits per heavy atom. The van der Waals surface area contributed by atoms with Crippen molar-refractivity contribution in [2.45, 2.75) is 46.7 Å². The number of sulfonamides is 1. The molecule has 2 amide bonds. The van der Waals surface area contributed by atoms with Gasteiger partial charge in [0.1, 0.15) is 18.4 Å². The summed E-state index contributed by atoms with van der Waals surface area (Å²) in [7, 11) is -3.88. The zero-order valence-electron chi connectivity index (χ0n) is 23.7. The Labute approximate surface area is 237 Å². The molecule has 0 fully saturated rings. The number of rotatable bonds is 12. The van der Waals surface area contributed by atoms with Gasteiger partial charge in [-0.05, 0) is 43.0 Å². The Hall–Kier alpha value is -3.72. The molecule has 3 rings (SSSR count). The van der Waals surface area contributed by atoms with E-state index in [2.05, 4.69) is 5.32 Å². The van der Waals surface area contributed by atoms with Crippen molar-refractivity contribution in [2.75, 3.05) is 23.7 Å². The summed E-state index contributed by atoms with van der Waals surface area (Å²) < 4.78 is 41.7. The van der Waals surface area contributed by atoms with Crippen LogP contribution in [-0.2, 0) is 32.6 Å². The maximum absolute atomic E-state index is 14.8. The van der Waals surface area contributed by atoms with E-state index in [1.54, 1.807) is 37.3 Å². The second kappa shape index (κ2) is 13.6. The predicted molar refractivity (Wildman–Crippen MR) is 157 cm³/mol. The van der Waals surface area contributed by atoms with Crippen molar-refractivity contribution in [3.05, 3.63) is 101 Å². The van der Waals surface area contributed by atoms with Gasteiger partial charge in [0.15, 0.2) is 0 Å². The van der Waals surface area contributed by atoms with Gasteiger partial charge >= 0.3 is 0 Å². The first-order chi connectivity index (χ1) is 18.9. The quantitative estimate of drug-likeness (QED) is 0.346. The molecular formula is C31H38FN3O4S. The van der Waals surface area contributed by atoms with Crippen LogP contribution in [0.3, 0.4) is 0 Å². The lowest BCUT2D eigenvalue weighted by atomic mass is 10.0. The van der Waals surface area contributed by atoms with Crippen LogP contribution >= 0.6 is 0 Å². The molecule has 3 aromatic rings. The molecule has 9 heteroatoms. The number of anilines is 1. The highest BCUT2D eigenvalue weighted by molar-refractivity contribution is 7.92. The minimum Gasteiger partial charge on any atom is -0.354 e. The van der Waals surface area contributed by atoms with Gasteiger partial charge in [0.25, 0.3) is 0 Å². The molecule has 1 atom stereocenters. The Morgan fingerprint density at radius 1 is 0.950 bits per heavy atom. The SMILES string of the molecule is Cc1ccc(N(CC(=O)N(Cc2ccccc2F)C(Cc2ccccc2)C(=O)NCC(C)C)S(C)(=O)=O)c(C)c1. The van der Waals surface area contributed by atoms with Crippen LogP contribution in [0.5, 0.6) is 0 Å². The van der Waals surface area contributed by atoms with Gasteiger partial charge in [0.2, 0.25) is 21.8 Å². The molecule has 1 N–H and O–H groups in total. The number of benzene rings is 3. The second-order valence-electron chi connectivity index (χ2n) is 10.5. The summed E-state index contributed by atoms with van der Waals surface area (Å²) in [6.45, 7) is 7.24. The number of hydrogen-bond acceptors (Lipinski definition) is 4. The fourth-order valence-corrected chi connectivity index (χ4v) is 5.37. The van der Waals surface area contributed by atoms with Crippen LogP contribution in [0.1, 0.15) is 36.1 Å². The van der Waals surface area contributed by atoms with Gasteiger partial charge in [-0.1, -0.05) is 80.1 Å². The lowest BCUT2D eigenvalue weighted by Crippen LogP contribution is -2.53. The molecule has 0 heterocycles. The molecule has 0 spiro atoms. The summed E-state index contributed by atoms with van der Waals surface area (Å²) in [6, 6.07) is 19.6. The summed E-state index contributed by atoms with van der Waals surface area (Å²) in [5.41, 5.74) is 3.05. The third-order valence-electron chi connectivity index (χ3n) is 6.55. The van der Waals surface area contributed by atoms with Gasteiger partial charge in [0.05, 0.1) is 11.9 Å². The highest BCUT2D eigenvalue weighted by atomic mass is 32.2. The number of nitrogens with one attached hydrogen (secondary N) is 1. The average molecular weight is 568 g/mol. The number of aryl methyl sites for hydroxylation is 2. The van der Waals surface area contributed by atoms with Crippen molar-refractivity contribution in [1.82, 2.24) is 10.2 Å². The Balaban J connectivity index is 2.08. The molecular weight excluding hydrogens is 529 g/mol. The number of nitrogens with zero attached hydrogens (tertiary/aromatic N) is 2. The molecule has 0 saturated carbocycles. The first kappa shape index (κ1) is 30.8. The first-order valence-electron chi connectivity index (χ1n) is 13.3. The zero-order chi connectivity index (χ0) is 29.4. The molecule has 0 aliphatic rings. The maximum atomic E-state index is 14.8. The van der Waals surface area contributed by atoms with Crippen LogP contribution in [0.4, 0.5) is 10.1 Å². The summed E-state index contributed by atoms with van der Waals surface area (Å²) in [5, 5.41) is 2.91. The van der Waals surface area contributed by atoms with Gasteiger partial charge in [-0.3, -0.25) is 13.9 Å². The van der Waals surface area contributed by atoms with Crippen LogP contribution in [0, 0.1) is 25.6 Å². The van der Waals surface area contributed by atoms with Crippen LogP contribution in [0.2, 0.25) is 0 Å². The lowest BCUT2D eigenvalue weighted by Gasteiger charge is -2.34. The van der Waals surface area contributed by atoms with E-state index in [-0.39, 0.29) is 30.4 Å². The molecule has 1 unspecified atom stereocenters. The number of carbonyl (C=O) groups is 2. The van der Waals surface area contributed by atoms with Crippen LogP contribution in [-0.4, -0.2) is 50.5 Å². The van der Waals surface area contributed by atoms with Crippen molar-refractivity contribution < 1.29 is 22.4 Å². The molecule has 0 aliphatic heterocycles. The minimum absolute atomic E-state index is 0.169. The van der Waals surface area contributed by atoms with Crippen LogP contribution in [0.25, 0.3) is 0 Å². The molecule has 40 heavy (non-hydrogen) atoms. The average Bonchev–Trinajstić information content (AvgIpc) is 2.89. The molecule has 7 nitrogen and oxygen atoms in total. The standard InChI is InChI=1S/C31H38FN3O4S/c1-22(2)19-33-31(37)29(18-25-11-7-6-8-12-25)34(20-26-13-9-10-14-27(26)32)30(36)21-35(40(5,38)39)28-16-15-23(3)17-24(28)4/h6-17,22,29H,18-21H2,1-5H3,(H,33,37). The number of hydrogen-bond donors (Lipinski definition) is 1. The van der Waals surface area contributed by atoms with E-state index in [0.29, 0.717) is 17.8 Å². The van der Waals surface area contributed by atoms with E-state index in [4.69, 9.17) is 0 Å². The third-order valence-corrected chi connectivity index (χ3v) is 7.68. The monoisotopic (exact) mass is 567 g/mol. The molecule has 0 radical (unpaired) electrons. The fourth-order valence-electron chi connectivity index (χ4n) is 4.47. The van der Waals surface area contributed by atoms with Gasteiger partial charge in [-0.2, -0.15) is 0 Å². The summed E-state index contributed by atoms with van der Waals surface area (Å²) in [6.07, 6.45) is 1.21. The smallest absolute Gasteiger partial charge is 0.244 e. The number of halogens is 1. The Morgan fingerprint density at radius 3 is 2.20 bits per heavy atom. The van der Waals surface area contributed by atoms with Gasteiger partial charge in [-0.15, -0.1) is 0 Å². The Bertz CT molecular complexity index is 1430. The van der Waals surface area contributed by atoms with Crippen LogP contribution in [0.15, 0.2) is 72.8 Å². The van der Waals surface area contributed by atoms with Gasteiger partial charge < -0.3 is 10.2 Å². The van der Waals surface area contributed by atoms with Crippen molar-refractivity contribution in [3.63, 3.8) is 0 Å². The van der Waals surface area contributed by atoms with Gasteiger partial charge in [-0.25, -0.2) is 12.8 Å². The molecule has 0 aliphatic carbocycles. The largest absolute Gasteiger partial charge is 0.354 e. The number of amides is 2. The van der Waals surface area contributed by atoms with Crippen molar-refractivity contribution in [3.8, 4) is 0 Å². The predicted octanol–water partition coefficient (Wildman–Crippen LogP) is 4.62. The number of carbonyl (C=O) groups excluding carboxylic acids is 2. The van der Waals surface area contributed by atoms with Crippen molar-refractivity contribution >= 4 is 27.5 Å². The summed E-state index contributed by atoms with van der Waals surface area (Å²) in [4.78, 5) is 28.9. The lowest BCUT2D eigenvalue weighted by molar-refractivity contribution is -0.140. The normalized spacial score (nSPS) is 12.2. The van der Waals surface area contributed by atoms with Gasteiger partial charge in [0, 0.05) is 25.1 Å². The van der Waals surface area contributed by atoms with Crippen molar-refractivity contribution in [1.29, 1.82) is 0 Å². The molecule has 0 saturated heterocycles. The third kappa shape index (κ3) is 8.39. The second-order valence-corrected chi connectivity index (χ2v) is 12.4. The highest BCUT2D eigenvalue weighted by Crippen LogP contribution is 2.25. The maximum Gasteiger partial charge on any atom is 0.244 e. The topological polar surface area (TPSA) is 86.8 Å².